The van der Waals surface area contributed by atoms with Crippen LogP contribution in [0.15, 0.2) is 24.3 Å². The molecule has 1 aromatic rings. The van der Waals surface area contributed by atoms with Crippen LogP contribution in [0.1, 0.15) is 30.4 Å². The van der Waals surface area contributed by atoms with Crippen LogP contribution >= 0.6 is 11.8 Å². The highest BCUT2D eigenvalue weighted by Crippen LogP contribution is 2.39. The molecule has 2 N–H and O–H groups in total. The van der Waals surface area contributed by atoms with Gasteiger partial charge in [0, 0.05) is 12.0 Å². The van der Waals surface area contributed by atoms with Crippen molar-refractivity contribution in [2.75, 3.05) is 18.6 Å². The number of nitrogens with two attached hydrogens (primary N) is 1. The molecule has 0 amide bonds. The molecule has 0 aromatic heterocycles. The molecule has 88 valence electrons. The molecule has 0 heterocycles. The van der Waals surface area contributed by atoms with Crippen LogP contribution in [0.4, 0.5) is 0 Å². The average molecular weight is 235 g/mol. The standard InChI is InChI=1S/C14H21NS/c1-16-10-9-14(11-15)8-4-6-12-5-2-3-7-13(12)14/h2-3,5,7H,4,6,8-11,15H2,1H3. The summed E-state index contributed by atoms with van der Waals surface area (Å²) >= 11 is 1.93. The predicted molar refractivity (Wildman–Crippen MR) is 73.1 cm³/mol. The second-order valence-corrected chi connectivity index (χ2v) is 5.72. The summed E-state index contributed by atoms with van der Waals surface area (Å²) in [5.74, 6) is 1.21. The van der Waals surface area contributed by atoms with Crippen molar-refractivity contribution in [1.29, 1.82) is 0 Å². The largest absolute Gasteiger partial charge is 0.330 e. The minimum atomic E-state index is 0.262. The smallest absolute Gasteiger partial charge is 0.00862 e. The number of hydrogen-bond acceptors (Lipinski definition) is 2. The topological polar surface area (TPSA) is 26.0 Å². The van der Waals surface area contributed by atoms with E-state index in [9.17, 15) is 0 Å². The van der Waals surface area contributed by atoms with Gasteiger partial charge in [0.05, 0.1) is 0 Å². The first kappa shape index (κ1) is 12.0. The third kappa shape index (κ3) is 2.14. The van der Waals surface area contributed by atoms with E-state index in [1.165, 1.54) is 42.6 Å². The van der Waals surface area contributed by atoms with Gasteiger partial charge in [-0.3, -0.25) is 0 Å². The summed E-state index contributed by atoms with van der Waals surface area (Å²) in [4.78, 5) is 0. The van der Waals surface area contributed by atoms with Crippen molar-refractivity contribution in [3.05, 3.63) is 35.4 Å². The molecule has 0 fully saturated rings. The van der Waals surface area contributed by atoms with Crippen LogP contribution in [-0.4, -0.2) is 18.6 Å². The fourth-order valence-corrected chi connectivity index (χ4v) is 3.47. The van der Waals surface area contributed by atoms with Crippen LogP contribution in [0.25, 0.3) is 0 Å². The molecule has 16 heavy (non-hydrogen) atoms. The molecule has 0 saturated heterocycles. The van der Waals surface area contributed by atoms with Gasteiger partial charge in [-0.05, 0) is 48.8 Å². The molecule has 2 heteroatoms. The Hall–Kier alpha value is -0.470. The molecule has 1 atom stereocenters. The minimum Gasteiger partial charge on any atom is -0.330 e. The Bertz CT molecular complexity index is 350. The van der Waals surface area contributed by atoms with Gasteiger partial charge < -0.3 is 5.73 Å². The van der Waals surface area contributed by atoms with Crippen molar-refractivity contribution < 1.29 is 0 Å². The fraction of sp³-hybridized carbons (Fsp3) is 0.571. The van der Waals surface area contributed by atoms with Gasteiger partial charge in [0.15, 0.2) is 0 Å². The molecule has 1 nitrogen and oxygen atoms in total. The van der Waals surface area contributed by atoms with E-state index >= 15 is 0 Å². The molecule has 1 aliphatic carbocycles. The zero-order valence-electron chi connectivity index (χ0n) is 10.0. The summed E-state index contributed by atoms with van der Waals surface area (Å²) in [6.45, 7) is 0.796. The Morgan fingerprint density at radius 3 is 2.94 bits per heavy atom. The molecule has 1 unspecified atom stereocenters. The maximum Gasteiger partial charge on any atom is 0.00862 e. The highest BCUT2D eigenvalue weighted by molar-refractivity contribution is 7.98. The third-order valence-electron chi connectivity index (χ3n) is 3.87. The van der Waals surface area contributed by atoms with E-state index in [0.29, 0.717) is 0 Å². The monoisotopic (exact) mass is 235 g/mol. The van der Waals surface area contributed by atoms with Gasteiger partial charge in [0.1, 0.15) is 0 Å². The van der Waals surface area contributed by atoms with Crippen LogP contribution in [0.3, 0.4) is 0 Å². The maximum atomic E-state index is 6.08. The van der Waals surface area contributed by atoms with E-state index in [4.69, 9.17) is 5.73 Å². The molecule has 0 aliphatic heterocycles. The maximum absolute atomic E-state index is 6.08. The van der Waals surface area contributed by atoms with Gasteiger partial charge >= 0.3 is 0 Å². The molecule has 2 rings (SSSR count). The summed E-state index contributed by atoms with van der Waals surface area (Å²) in [6.07, 6.45) is 7.20. The second kappa shape index (κ2) is 5.24. The minimum absolute atomic E-state index is 0.262. The van der Waals surface area contributed by atoms with Crippen LogP contribution in [-0.2, 0) is 11.8 Å². The van der Waals surface area contributed by atoms with Crippen LogP contribution in [0.5, 0.6) is 0 Å². The first-order chi connectivity index (χ1) is 7.82. The Kier molecular flexibility index (Phi) is 3.93. The molecule has 0 spiro atoms. The van der Waals surface area contributed by atoms with Crippen LogP contribution in [0, 0.1) is 0 Å². The lowest BCUT2D eigenvalue weighted by Crippen LogP contribution is -2.39. The molecule has 1 aromatic carbocycles. The van der Waals surface area contributed by atoms with E-state index in [-0.39, 0.29) is 5.41 Å². The van der Waals surface area contributed by atoms with Crippen molar-refractivity contribution >= 4 is 11.8 Å². The zero-order valence-corrected chi connectivity index (χ0v) is 10.9. The van der Waals surface area contributed by atoms with Crippen molar-refractivity contribution in [3.63, 3.8) is 0 Å². The van der Waals surface area contributed by atoms with E-state index in [1.807, 2.05) is 11.8 Å². The average Bonchev–Trinajstić information content (AvgIpc) is 2.36. The number of rotatable bonds is 4. The molecule has 0 bridgehead atoms. The number of aryl methyl sites for hydroxylation is 1. The van der Waals surface area contributed by atoms with Crippen molar-refractivity contribution in [2.45, 2.75) is 31.1 Å². The van der Waals surface area contributed by atoms with Gasteiger partial charge in [-0.1, -0.05) is 24.3 Å². The number of thioether (sulfide) groups is 1. The van der Waals surface area contributed by atoms with Gasteiger partial charge in [0.25, 0.3) is 0 Å². The van der Waals surface area contributed by atoms with Gasteiger partial charge in [-0.2, -0.15) is 11.8 Å². The SMILES string of the molecule is CSCCC1(CN)CCCc2ccccc21. The van der Waals surface area contributed by atoms with E-state index in [2.05, 4.69) is 30.5 Å². The van der Waals surface area contributed by atoms with Gasteiger partial charge in [0.2, 0.25) is 0 Å². The lowest BCUT2D eigenvalue weighted by atomic mass is 9.68. The van der Waals surface area contributed by atoms with Crippen LogP contribution in [0.2, 0.25) is 0 Å². The quantitative estimate of drug-likeness (QED) is 0.868. The summed E-state index contributed by atoms with van der Waals surface area (Å²) in [5, 5.41) is 0. The summed E-state index contributed by atoms with van der Waals surface area (Å²) < 4.78 is 0. The van der Waals surface area contributed by atoms with E-state index in [0.717, 1.165) is 6.54 Å². The Morgan fingerprint density at radius 1 is 1.38 bits per heavy atom. The summed E-state index contributed by atoms with van der Waals surface area (Å²) in [6, 6.07) is 8.88. The molecule has 1 aliphatic rings. The van der Waals surface area contributed by atoms with Crippen molar-refractivity contribution in [3.8, 4) is 0 Å². The number of fused-ring (bicyclic) bond motifs is 1. The predicted octanol–water partition coefficient (Wildman–Crippen LogP) is 2.97. The Balaban J connectivity index is 2.33. The molecule has 0 saturated carbocycles. The van der Waals surface area contributed by atoms with E-state index < -0.39 is 0 Å². The normalized spacial score (nSPS) is 24.1. The second-order valence-electron chi connectivity index (χ2n) is 4.74. The summed E-state index contributed by atoms with van der Waals surface area (Å²) in [7, 11) is 0. The number of hydrogen-bond donors (Lipinski definition) is 1. The van der Waals surface area contributed by atoms with E-state index in [1.54, 1.807) is 0 Å². The first-order valence-corrected chi connectivity index (χ1v) is 7.49. The van der Waals surface area contributed by atoms with Crippen molar-refractivity contribution in [2.24, 2.45) is 5.73 Å². The van der Waals surface area contributed by atoms with Gasteiger partial charge in [-0.25, -0.2) is 0 Å². The van der Waals surface area contributed by atoms with Crippen LogP contribution < -0.4 is 5.73 Å². The highest BCUT2D eigenvalue weighted by Gasteiger charge is 2.34. The number of benzene rings is 1. The first-order valence-electron chi connectivity index (χ1n) is 6.10. The fourth-order valence-electron chi connectivity index (χ4n) is 2.88. The zero-order chi connectivity index (χ0) is 11.4. The van der Waals surface area contributed by atoms with Crippen molar-refractivity contribution in [1.82, 2.24) is 0 Å². The summed E-state index contributed by atoms with van der Waals surface area (Å²) in [5.41, 5.74) is 9.40. The highest BCUT2D eigenvalue weighted by atomic mass is 32.2. The molecule has 0 radical (unpaired) electrons. The molecular weight excluding hydrogens is 214 g/mol. The lowest BCUT2D eigenvalue weighted by molar-refractivity contribution is 0.359. The Morgan fingerprint density at radius 2 is 2.19 bits per heavy atom. The third-order valence-corrected chi connectivity index (χ3v) is 4.48. The molecular formula is C14H21NS. The lowest BCUT2D eigenvalue weighted by Gasteiger charge is -2.38. The Labute approximate surface area is 103 Å². The van der Waals surface area contributed by atoms with Gasteiger partial charge in [-0.15, -0.1) is 0 Å².